The SMILES string of the molecule is Nc1nc(=O)n(C2OC(CO)C(O)C2(F)F)cc1F. The van der Waals surface area contributed by atoms with E-state index in [1.807, 2.05) is 0 Å². The van der Waals surface area contributed by atoms with Crippen molar-refractivity contribution in [3.8, 4) is 0 Å². The number of alkyl halides is 2. The second-order valence-corrected chi connectivity index (χ2v) is 3.99. The summed E-state index contributed by atoms with van der Waals surface area (Å²) in [6.45, 7) is -0.882. The molecule has 3 atom stereocenters. The minimum absolute atomic E-state index is 0.185. The third-order valence-corrected chi connectivity index (χ3v) is 2.75. The van der Waals surface area contributed by atoms with E-state index in [1.165, 1.54) is 0 Å². The van der Waals surface area contributed by atoms with Crippen LogP contribution in [0.25, 0.3) is 0 Å². The van der Waals surface area contributed by atoms with Gasteiger partial charge in [0.25, 0.3) is 0 Å². The van der Waals surface area contributed by atoms with Crippen LogP contribution in [0.4, 0.5) is 19.0 Å². The van der Waals surface area contributed by atoms with Crippen LogP contribution >= 0.6 is 0 Å². The van der Waals surface area contributed by atoms with Gasteiger partial charge in [-0.1, -0.05) is 0 Å². The van der Waals surface area contributed by atoms with Crippen LogP contribution in [0.3, 0.4) is 0 Å². The molecule has 2 rings (SSSR count). The van der Waals surface area contributed by atoms with Crippen molar-refractivity contribution in [1.82, 2.24) is 9.55 Å². The van der Waals surface area contributed by atoms with Crippen LogP contribution in [0.5, 0.6) is 0 Å². The monoisotopic (exact) mass is 281 g/mol. The summed E-state index contributed by atoms with van der Waals surface area (Å²) in [4.78, 5) is 14.4. The van der Waals surface area contributed by atoms with Crippen molar-refractivity contribution in [3.05, 3.63) is 22.5 Å². The molecule has 7 nitrogen and oxygen atoms in total. The van der Waals surface area contributed by atoms with Gasteiger partial charge in [-0.15, -0.1) is 0 Å². The van der Waals surface area contributed by atoms with Crippen molar-refractivity contribution >= 4 is 5.82 Å². The average Bonchev–Trinajstić information content (AvgIpc) is 2.56. The van der Waals surface area contributed by atoms with Crippen molar-refractivity contribution in [2.45, 2.75) is 24.4 Å². The minimum Gasteiger partial charge on any atom is -0.394 e. The predicted octanol–water partition coefficient (Wildman–Crippen LogP) is -1.15. The van der Waals surface area contributed by atoms with Crippen molar-refractivity contribution in [2.24, 2.45) is 0 Å². The summed E-state index contributed by atoms with van der Waals surface area (Å²) >= 11 is 0. The van der Waals surface area contributed by atoms with Gasteiger partial charge in [-0.05, 0) is 0 Å². The first-order chi connectivity index (χ1) is 8.78. The summed E-state index contributed by atoms with van der Waals surface area (Å²) in [5, 5.41) is 18.1. The molecule has 1 aliphatic rings. The van der Waals surface area contributed by atoms with E-state index in [4.69, 9.17) is 10.8 Å². The summed E-state index contributed by atoms with van der Waals surface area (Å²) in [5.41, 5.74) is 3.76. The number of nitrogens with two attached hydrogens (primary N) is 1. The summed E-state index contributed by atoms with van der Waals surface area (Å²) in [6, 6.07) is 0. The smallest absolute Gasteiger partial charge is 0.352 e. The van der Waals surface area contributed by atoms with Crippen LogP contribution in [0.1, 0.15) is 6.23 Å². The lowest BCUT2D eigenvalue weighted by atomic mass is 10.1. The van der Waals surface area contributed by atoms with Gasteiger partial charge in [-0.2, -0.15) is 13.8 Å². The van der Waals surface area contributed by atoms with Gasteiger partial charge in [0.05, 0.1) is 12.8 Å². The lowest BCUT2D eigenvalue weighted by Crippen LogP contribution is -2.42. The number of rotatable bonds is 2. The molecule has 0 bridgehead atoms. The molecule has 0 amide bonds. The molecule has 0 saturated carbocycles. The number of aliphatic hydroxyl groups is 2. The first-order valence-corrected chi connectivity index (χ1v) is 5.15. The maximum atomic E-state index is 13.7. The van der Waals surface area contributed by atoms with Crippen LogP contribution < -0.4 is 11.4 Å². The Morgan fingerprint density at radius 3 is 2.74 bits per heavy atom. The van der Waals surface area contributed by atoms with Gasteiger partial charge in [-0.25, -0.2) is 9.18 Å². The second-order valence-electron chi connectivity index (χ2n) is 3.99. The number of aromatic nitrogens is 2. The Balaban J connectivity index is 2.48. The molecule has 10 heteroatoms. The van der Waals surface area contributed by atoms with Crippen LogP contribution in [0, 0.1) is 5.82 Å². The number of aliphatic hydroxyl groups excluding tert-OH is 2. The normalized spacial score (nSPS) is 29.6. The highest BCUT2D eigenvalue weighted by atomic mass is 19.3. The van der Waals surface area contributed by atoms with E-state index in [1.54, 1.807) is 0 Å². The predicted molar refractivity (Wildman–Crippen MR) is 54.8 cm³/mol. The number of halogens is 3. The molecule has 1 aliphatic heterocycles. The van der Waals surface area contributed by atoms with Gasteiger partial charge in [0.1, 0.15) is 6.10 Å². The van der Waals surface area contributed by atoms with E-state index in [2.05, 4.69) is 9.72 Å². The maximum absolute atomic E-state index is 13.7. The maximum Gasteiger partial charge on any atom is 0.352 e. The molecule has 2 heterocycles. The van der Waals surface area contributed by atoms with E-state index in [0.717, 1.165) is 0 Å². The van der Waals surface area contributed by atoms with Crippen molar-refractivity contribution in [3.63, 3.8) is 0 Å². The lowest BCUT2D eigenvalue weighted by molar-refractivity contribution is -0.141. The Kier molecular flexibility index (Phi) is 3.24. The fourth-order valence-electron chi connectivity index (χ4n) is 1.74. The summed E-state index contributed by atoms with van der Waals surface area (Å²) in [7, 11) is 0. The van der Waals surface area contributed by atoms with Crippen molar-refractivity contribution < 1.29 is 28.1 Å². The van der Waals surface area contributed by atoms with Crippen LogP contribution in [0.15, 0.2) is 11.0 Å². The molecular formula is C9H10F3N3O4. The first-order valence-electron chi connectivity index (χ1n) is 5.15. The highest BCUT2D eigenvalue weighted by molar-refractivity contribution is 5.26. The topological polar surface area (TPSA) is 111 Å². The highest BCUT2D eigenvalue weighted by Gasteiger charge is 2.59. The molecule has 106 valence electrons. The number of ether oxygens (including phenoxy) is 1. The number of nitrogens with zero attached hydrogens (tertiary/aromatic N) is 2. The Bertz CT molecular complexity index is 550. The highest BCUT2D eigenvalue weighted by Crippen LogP contribution is 2.42. The van der Waals surface area contributed by atoms with E-state index < -0.39 is 48.3 Å². The van der Waals surface area contributed by atoms with Gasteiger partial charge in [-0.3, -0.25) is 4.57 Å². The summed E-state index contributed by atoms with van der Waals surface area (Å²) < 4.78 is 45.5. The molecule has 1 aromatic rings. The van der Waals surface area contributed by atoms with Gasteiger partial charge in [0.15, 0.2) is 17.7 Å². The lowest BCUT2D eigenvalue weighted by Gasteiger charge is -2.21. The standard InChI is InChI=1S/C9H10F3N3O4/c10-3-1-15(8(18)14-6(3)13)7-9(11,12)5(17)4(2-16)19-7/h1,4-5,7,16-17H,2H2,(H2,13,14,18). The fourth-order valence-corrected chi connectivity index (χ4v) is 1.74. The molecule has 0 aliphatic carbocycles. The van der Waals surface area contributed by atoms with Gasteiger partial charge >= 0.3 is 11.6 Å². The number of anilines is 1. The van der Waals surface area contributed by atoms with Gasteiger partial charge in [0, 0.05) is 0 Å². The number of hydrogen-bond donors (Lipinski definition) is 3. The molecule has 0 spiro atoms. The molecule has 1 saturated heterocycles. The Morgan fingerprint density at radius 2 is 2.21 bits per heavy atom. The zero-order chi connectivity index (χ0) is 14.4. The summed E-state index contributed by atoms with van der Waals surface area (Å²) in [6.07, 6.45) is -5.77. The molecule has 0 radical (unpaired) electrons. The molecule has 1 fully saturated rings. The van der Waals surface area contributed by atoms with Crippen molar-refractivity contribution in [2.75, 3.05) is 12.3 Å². The van der Waals surface area contributed by atoms with Gasteiger partial charge in [0.2, 0.25) is 6.23 Å². The number of nitrogen functional groups attached to an aromatic ring is 1. The second kappa shape index (κ2) is 4.47. The third kappa shape index (κ3) is 2.07. The minimum atomic E-state index is -3.89. The first kappa shape index (κ1) is 13.8. The van der Waals surface area contributed by atoms with E-state index in [-0.39, 0.29) is 4.57 Å². The Labute approximate surface area is 104 Å². The third-order valence-electron chi connectivity index (χ3n) is 2.75. The van der Waals surface area contributed by atoms with E-state index in [0.29, 0.717) is 6.20 Å². The number of hydrogen-bond acceptors (Lipinski definition) is 6. The largest absolute Gasteiger partial charge is 0.394 e. The molecule has 1 aromatic heterocycles. The average molecular weight is 281 g/mol. The molecular weight excluding hydrogens is 271 g/mol. The molecule has 3 unspecified atom stereocenters. The zero-order valence-corrected chi connectivity index (χ0v) is 9.33. The van der Waals surface area contributed by atoms with Crippen LogP contribution in [-0.2, 0) is 4.74 Å². The Hall–Kier alpha value is -1.65. The van der Waals surface area contributed by atoms with E-state index in [9.17, 15) is 23.1 Å². The summed E-state index contributed by atoms with van der Waals surface area (Å²) in [5.74, 6) is -5.80. The molecule has 0 aromatic carbocycles. The van der Waals surface area contributed by atoms with Crippen molar-refractivity contribution in [1.29, 1.82) is 0 Å². The molecule has 4 N–H and O–H groups in total. The quantitative estimate of drug-likeness (QED) is 0.631. The Morgan fingerprint density at radius 1 is 1.58 bits per heavy atom. The van der Waals surface area contributed by atoms with Gasteiger partial charge < -0.3 is 20.7 Å². The fraction of sp³-hybridized carbons (Fsp3) is 0.556. The molecule has 19 heavy (non-hydrogen) atoms. The van der Waals surface area contributed by atoms with Crippen LogP contribution in [0.2, 0.25) is 0 Å². The zero-order valence-electron chi connectivity index (χ0n) is 9.33. The van der Waals surface area contributed by atoms with Crippen LogP contribution in [-0.4, -0.2) is 44.5 Å². The van der Waals surface area contributed by atoms with E-state index >= 15 is 0 Å².